The quantitative estimate of drug-likeness (QED) is 0.0688. The highest BCUT2D eigenvalue weighted by atomic mass is 16.6. The van der Waals surface area contributed by atoms with Gasteiger partial charge in [-0.2, -0.15) is 0 Å². The van der Waals surface area contributed by atoms with E-state index in [9.17, 15) is 24.0 Å². The molecule has 0 atom stereocenters. The van der Waals surface area contributed by atoms with Gasteiger partial charge < -0.3 is 37.9 Å². The summed E-state index contributed by atoms with van der Waals surface area (Å²) in [6, 6.07) is 0. The molecule has 0 saturated heterocycles. The fourth-order valence-corrected chi connectivity index (χ4v) is 2.48. The van der Waals surface area contributed by atoms with Crippen LogP contribution in [0.2, 0.25) is 0 Å². The normalized spacial score (nSPS) is 10.0. The highest BCUT2D eigenvalue weighted by molar-refractivity contribution is 5.82. The van der Waals surface area contributed by atoms with E-state index >= 15 is 0 Å². The summed E-state index contributed by atoms with van der Waals surface area (Å²) in [5.41, 5.74) is -0.493. The van der Waals surface area contributed by atoms with E-state index in [2.05, 4.69) is 42.4 Å². The van der Waals surface area contributed by atoms with E-state index in [4.69, 9.17) is 28.4 Å². The Hall–Kier alpha value is -4.07. The lowest BCUT2D eigenvalue weighted by atomic mass is 9.88. The van der Waals surface area contributed by atoms with E-state index < -0.39 is 35.3 Å². The second-order valence-corrected chi connectivity index (χ2v) is 7.87. The highest BCUT2D eigenvalue weighted by Crippen LogP contribution is 2.24. The third-order valence-corrected chi connectivity index (χ3v) is 4.80. The lowest BCUT2D eigenvalue weighted by Gasteiger charge is -2.32. The van der Waals surface area contributed by atoms with Crippen LogP contribution in [0.5, 0.6) is 0 Å². The lowest BCUT2D eigenvalue weighted by molar-refractivity contribution is -0.146. The van der Waals surface area contributed by atoms with E-state index in [1.165, 1.54) is 0 Å². The summed E-state index contributed by atoms with van der Waals surface area (Å²) in [4.78, 5) is 54.0. The van der Waals surface area contributed by atoms with Crippen molar-refractivity contribution in [3.63, 3.8) is 0 Å². The maximum Gasteiger partial charge on any atom is 0.330 e. The van der Waals surface area contributed by atoms with Gasteiger partial charge in [0, 0.05) is 35.8 Å². The number of hydrogen-bond donors (Lipinski definition) is 0. The van der Waals surface area contributed by atoms with E-state index in [1.807, 2.05) is 6.92 Å². The van der Waals surface area contributed by atoms with Gasteiger partial charge in [0.05, 0.1) is 39.6 Å². The molecule has 0 saturated carbocycles. The van der Waals surface area contributed by atoms with E-state index in [-0.39, 0.29) is 72.7 Å². The maximum absolute atomic E-state index is 11.1. The van der Waals surface area contributed by atoms with Gasteiger partial charge in [0.1, 0.15) is 33.0 Å². The molecule has 13 heteroatoms. The smallest absolute Gasteiger partial charge is 0.330 e. The molecule has 0 spiro atoms. The molecule has 0 aliphatic rings. The average Bonchev–Trinajstić information content (AvgIpc) is 3.01. The fourth-order valence-electron chi connectivity index (χ4n) is 2.48. The summed E-state index contributed by atoms with van der Waals surface area (Å²) in [5, 5.41) is 0. The van der Waals surface area contributed by atoms with Gasteiger partial charge in [-0.05, 0) is 6.42 Å². The lowest BCUT2D eigenvalue weighted by Crippen LogP contribution is -2.38. The molecule has 0 aromatic rings. The van der Waals surface area contributed by atoms with Gasteiger partial charge in [0.2, 0.25) is 0 Å². The SMILES string of the molecule is C=CC(=O)OCCOC(=O)C=C.C=CC(=O)OCCOCC(CC)(COCCOC(=O)C=C)COCCOC(=O)C=C. The molecule has 0 bridgehead atoms. The average molecular weight is 599 g/mol. The molecule has 42 heavy (non-hydrogen) atoms. The largest absolute Gasteiger partial charge is 0.460 e. The summed E-state index contributed by atoms with van der Waals surface area (Å²) in [6.07, 6.45) is 5.98. The molecule has 0 aromatic heterocycles. The topological polar surface area (TPSA) is 159 Å². The number of hydrogen-bond acceptors (Lipinski definition) is 13. The first-order valence-electron chi connectivity index (χ1n) is 12.8. The predicted octanol–water partition coefficient (Wildman–Crippen LogP) is 2.07. The number of carbonyl (C=O) groups is 5. The second kappa shape index (κ2) is 27.1. The summed E-state index contributed by atoms with van der Waals surface area (Å²) in [7, 11) is 0. The molecule has 0 aliphatic heterocycles. The van der Waals surface area contributed by atoms with E-state index in [1.54, 1.807) is 0 Å². The first kappa shape index (κ1) is 40.1. The van der Waals surface area contributed by atoms with Crippen LogP contribution in [-0.2, 0) is 61.9 Å². The molecular weight excluding hydrogens is 556 g/mol. The molecule has 0 heterocycles. The Labute approximate surface area is 246 Å². The minimum absolute atomic E-state index is 0.0322. The third-order valence-electron chi connectivity index (χ3n) is 4.80. The molecule has 0 unspecified atom stereocenters. The standard InChI is InChI=1S/C21H32O9.C8H10O4/c1-5-18(22)28-12-9-25-15-21(8-4,16-26-10-13-29-19(23)6-2)17-27-11-14-30-20(24)7-3;1-3-7(9)11-5-6-12-8(10)4-2/h5-7H,1-3,8-17H2,4H3;3-4H,1-2,5-6H2. The molecule has 0 fully saturated rings. The van der Waals surface area contributed by atoms with Crippen molar-refractivity contribution in [2.45, 2.75) is 13.3 Å². The predicted molar refractivity (Wildman–Crippen MR) is 151 cm³/mol. The Balaban J connectivity index is 0. The zero-order chi connectivity index (χ0) is 32.1. The van der Waals surface area contributed by atoms with Crippen molar-refractivity contribution < 1.29 is 61.9 Å². The van der Waals surface area contributed by atoms with Crippen LogP contribution in [-0.4, -0.2) is 103 Å². The minimum Gasteiger partial charge on any atom is -0.460 e. The van der Waals surface area contributed by atoms with Crippen molar-refractivity contribution in [2.75, 3.05) is 72.7 Å². The van der Waals surface area contributed by atoms with Crippen LogP contribution in [0.1, 0.15) is 13.3 Å². The molecule has 0 aromatic carbocycles. The van der Waals surface area contributed by atoms with Gasteiger partial charge in [-0.15, -0.1) is 0 Å². The Bertz CT molecular complexity index is 783. The molecule has 0 N–H and O–H groups in total. The van der Waals surface area contributed by atoms with Gasteiger partial charge in [-0.25, -0.2) is 24.0 Å². The minimum atomic E-state index is -0.537. The number of carbonyl (C=O) groups excluding carboxylic acids is 5. The fraction of sp³-hybridized carbons (Fsp3) is 0.483. The third kappa shape index (κ3) is 23.8. The van der Waals surface area contributed by atoms with Crippen LogP contribution in [0.15, 0.2) is 63.3 Å². The van der Waals surface area contributed by atoms with Crippen molar-refractivity contribution in [2.24, 2.45) is 5.41 Å². The second-order valence-electron chi connectivity index (χ2n) is 7.87. The van der Waals surface area contributed by atoms with E-state index in [0.717, 1.165) is 30.4 Å². The summed E-state index contributed by atoms with van der Waals surface area (Å²) >= 11 is 0. The van der Waals surface area contributed by atoms with Crippen LogP contribution in [0.4, 0.5) is 0 Å². The molecule has 236 valence electrons. The number of esters is 5. The maximum atomic E-state index is 11.1. The monoisotopic (exact) mass is 598 g/mol. The number of rotatable bonds is 24. The molecule has 13 nitrogen and oxygen atoms in total. The van der Waals surface area contributed by atoms with Gasteiger partial charge in [0.25, 0.3) is 0 Å². The Morgan fingerprint density at radius 3 is 0.857 bits per heavy atom. The first-order chi connectivity index (χ1) is 20.1. The van der Waals surface area contributed by atoms with Crippen LogP contribution in [0.3, 0.4) is 0 Å². The van der Waals surface area contributed by atoms with Gasteiger partial charge in [-0.1, -0.05) is 39.8 Å². The summed E-state index contributed by atoms with van der Waals surface area (Å²) < 4.78 is 40.6. The molecule has 0 amide bonds. The Morgan fingerprint density at radius 1 is 0.452 bits per heavy atom. The van der Waals surface area contributed by atoms with Crippen molar-refractivity contribution in [3.8, 4) is 0 Å². The van der Waals surface area contributed by atoms with Crippen molar-refractivity contribution in [1.82, 2.24) is 0 Å². The van der Waals surface area contributed by atoms with E-state index in [0.29, 0.717) is 6.42 Å². The van der Waals surface area contributed by atoms with Gasteiger partial charge in [0.15, 0.2) is 0 Å². The Morgan fingerprint density at radius 2 is 0.667 bits per heavy atom. The van der Waals surface area contributed by atoms with Crippen LogP contribution in [0.25, 0.3) is 0 Å². The summed E-state index contributed by atoms with van der Waals surface area (Å²) in [6.45, 7) is 20.1. The molecular formula is C29H42O13. The van der Waals surface area contributed by atoms with Crippen molar-refractivity contribution in [3.05, 3.63) is 63.3 Å². The number of ether oxygens (including phenoxy) is 8. The zero-order valence-electron chi connectivity index (χ0n) is 24.2. The van der Waals surface area contributed by atoms with Crippen molar-refractivity contribution in [1.29, 1.82) is 0 Å². The summed E-state index contributed by atoms with van der Waals surface area (Å²) in [5.74, 6) is -2.63. The Kier molecular flexibility index (Phi) is 25.9. The van der Waals surface area contributed by atoms with Gasteiger partial charge in [-0.3, -0.25) is 0 Å². The van der Waals surface area contributed by atoms with Crippen LogP contribution in [0, 0.1) is 5.41 Å². The molecule has 0 radical (unpaired) electrons. The highest BCUT2D eigenvalue weighted by Gasteiger charge is 2.30. The molecule has 0 aliphatic carbocycles. The van der Waals surface area contributed by atoms with Crippen LogP contribution >= 0.6 is 0 Å². The van der Waals surface area contributed by atoms with Crippen molar-refractivity contribution >= 4 is 29.8 Å². The van der Waals surface area contributed by atoms with Crippen LogP contribution < -0.4 is 0 Å². The first-order valence-corrected chi connectivity index (χ1v) is 12.8. The van der Waals surface area contributed by atoms with Gasteiger partial charge >= 0.3 is 29.8 Å². The molecule has 0 rings (SSSR count). The zero-order valence-corrected chi connectivity index (χ0v) is 24.2.